The van der Waals surface area contributed by atoms with Crippen LogP contribution in [-0.2, 0) is 0 Å². The SMILES string of the molecule is O=C(NCC(O)c1ccccc1)c1cc(-c2ccc(Cl)cc2)n[nH]1. The first-order valence-electron chi connectivity index (χ1n) is 7.46. The molecule has 0 bridgehead atoms. The second-order valence-corrected chi connectivity index (χ2v) is 5.75. The first kappa shape index (κ1) is 16.2. The number of aliphatic hydroxyl groups excluding tert-OH is 1. The minimum atomic E-state index is -0.756. The summed E-state index contributed by atoms with van der Waals surface area (Å²) in [6, 6.07) is 18.0. The zero-order valence-corrected chi connectivity index (χ0v) is 13.5. The summed E-state index contributed by atoms with van der Waals surface area (Å²) >= 11 is 5.86. The molecule has 122 valence electrons. The van der Waals surface area contributed by atoms with E-state index in [1.54, 1.807) is 18.2 Å². The molecule has 0 saturated carbocycles. The standard InChI is InChI=1S/C18H16ClN3O2/c19-14-8-6-12(7-9-14)15-10-16(22-21-15)18(24)20-11-17(23)13-4-2-1-3-5-13/h1-10,17,23H,11H2,(H,20,24)(H,21,22). The summed E-state index contributed by atoms with van der Waals surface area (Å²) in [4.78, 5) is 12.2. The maximum absolute atomic E-state index is 12.2. The van der Waals surface area contributed by atoms with Gasteiger partial charge < -0.3 is 10.4 Å². The van der Waals surface area contributed by atoms with Crippen molar-refractivity contribution in [2.24, 2.45) is 0 Å². The Morgan fingerprint density at radius 1 is 1.17 bits per heavy atom. The second-order valence-electron chi connectivity index (χ2n) is 5.31. The molecule has 1 heterocycles. The number of carbonyl (C=O) groups excluding carboxylic acids is 1. The number of aromatic amines is 1. The Kier molecular flexibility index (Phi) is 4.93. The molecule has 0 aliphatic heterocycles. The van der Waals surface area contributed by atoms with Gasteiger partial charge in [0.15, 0.2) is 0 Å². The van der Waals surface area contributed by atoms with E-state index in [-0.39, 0.29) is 12.5 Å². The molecule has 1 unspecified atom stereocenters. The summed E-state index contributed by atoms with van der Waals surface area (Å²) in [6.45, 7) is 0.123. The predicted molar refractivity (Wildman–Crippen MR) is 92.8 cm³/mol. The van der Waals surface area contributed by atoms with Crippen LogP contribution in [0.1, 0.15) is 22.2 Å². The average molecular weight is 342 g/mol. The van der Waals surface area contributed by atoms with Gasteiger partial charge in [-0.05, 0) is 23.8 Å². The molecule has 0 spiro atoms. The van der Waals surface area contributed by atoms with Gasteiger partial charge in [0.25, 0.3) is 5.91 Å². The van der Waals surface area contributed by atoms with E-state index < -0.39 is 6.10 Å². The lowest BCUT2D eigenvalue weighted by Gasteiger charge is -2.11. The van der Waals surface area contributed by atoms with Gasteiger partial charge in [-0.25, -0.2) is 0 Å². The van der Waals surface area contributed by atoms with Crippen LogP contribution in [0.25, 0.3) is 11.3 Å². The number of nitrogens with one attached hydrogen (secondary N) is 2. The van der Waals surface area contributed by atoms with Crippen molar-refractivity contribution in [2.45, 2.75) is 6.10 Å². The largest absolute Gasteiger partial charge is 0.387 e. The highest BCUT2D eigenvalue weighted by molar-refractivity contribution is 6.30. The summed E-state index contributed by atoms with van der Waals surface area (Å²) in [7, 11) is 0. The van der Waals surface area contributed by atoms with Gasteiger partial charge in [-0.2, -0.15) is 5.10 Å². The van der Waals surface area contributed by atoms with Crippen LogP contribution < -0.4 is 5.32 Å². The summed E-state index contributed by atoms with van der Waals surface area (Å²) in [6.07, 6.45) is -0.756. The number of nitrogens with zero attached hydrogens (tertiary/aromatic N) is 1. The highest BCUT2D eigenvalue weighted by atomic mass is 35.5. The molecule has 24 heavy (non-hydrogen) atoms. The lowest BCUT2D eigenvalue weighted by molar-refractivity contribution is 0.0911. The molecule has 3 N–H and O–H groups in total. The maximum Gasteiger partial charge on any atom is 0.269 e. The van der Waals surface area contributed by atoms with E-state index in [0.717, 1.165) is 11.1 Å². The first-order chi connectivity index (χ1) is 11.6. The molecule has 0 aliphatic carbocycles. The number of carbonyl (C=O) groups is 1. The zero-order valence-electron chi connectivity index (χ0n) is 12.7. The molecule has 0 fully saturated rings. The quantitative estimate of drug-likeness (QED) is 0.667. The Labute approximate surface area is 144 Å². The molecule has 2 aromatic carbocycles. The van der Waals surface area contributed by atoms with E-state index in [1.165, 1.54) is 0 Å². The van der Waals surface area contributed by atoms with E-state index in [1.807, 2.05) is 42.5 Å². The molecule has 5 nitrogen and oxygen atoms in total. The van der Waals surface area contributed by atoms with Crippen molar-refractivity contribution in [2.75, 3.05) is 6.54 Å². The van der Waals surface area contributed by atoms with Crippen LogP contribution in [0.5, 0.6) is 0 Å². The van der Waals surface area contributed by atoms with Gasteiger partial charge in [0.2, 0.25) is 0 Å². The highest BCUT2D eigenvalue weighted by Crippen LogP contribution is 2.20. The van der Waals surface area contributed by atoms with Crippen LogP contribution in [0.2, 0.25) is 5.02 Å². The van der Waals surface area contributed by atoms with Crippen molar-refractivity contribution >= 4 is 17.5 Å². The Hall–Kier alpha value is -2.63. The fourth-order valence-corrected chi connectivity index (χ4v) is 2.41. The Balaban J connectivity index is 1.63. The fourth-order valence-electron chi connectivity index (χ4n) is 2.28. The number of aromatic nitrogens is 2. The minimum Gasteiger partial charge on any atom is -0.387 e. The van der Waals surface area contributed by atoms with Crippen molar-refractivity contribution in [1.29, 1.82) is 0 Å². The fraction of sp³-hybridized carbons (Fsp3) is 0.111. The minimum absolute atomic E-state index is 0.123. The number of rotatable bonds is 5. The van der Waals surface area contributed by atoms with Gasteiger partial charge >= 0.3 is 0 Å². The third-order valence-corrected chi connectivity index (χ3v) is 3.85. The van der Waals surface area contributed by atoms with Gasteiger partial charge in [-0.1, -0.05) is 54.1 Å². The summed E-state index contributed by atoms with van der Waals surface area (Å²) < 4.78 is 0. The second kappa shape index (κ2) is 7.29. The molecule has 3 rings (SSSR count). The van der Waals surface area contributed by atoms with Gasteiger partial charge in [-0.3, -0.25) is 9.89 Å². The summed E-state index contributed by atoms with van der Waals surface area (Å²) in [5.41, 5.74) is 2.60. The van der Waals surface area contributed by atoms with Crippen molar-refractivity contribution in [3.8, 4) is 11.3 Å². The lowest BCUT2D eigenvalue weighted by atomic mass is 10.1. The number of H-pyrrole nitrogens is 1. The summed E-state index contributed by atoms with van der Waals surface area (Å²) in [5, 5.41) is 20.2. The van der Waals surface area contributed by atoms with Crippen molar-refractivity contribution in [1.82, 2.24) is 15.5 Å². The first-order valence-corrected chi connectivity index (χ1v) is 7.84. The van der Waals surface area contributed by atoms with E-state index in [4.69, 9.17) is 11.6 Å². The van der Waals surface area contributed by atoms with Crippen molar-refractivity contribution in [3.63, 3.8) is 0 Å². The number of hydrogen-bond donors (Lipinski definition) is 3. The van der Waals surface area contributed by atoms with E-state index in [9.17, 15) is 9.90 Å². The van der Waals surface area contributed by atoms with Crippen LogP contribution >= 0.6 is 11.6 Å². The van der Waals surface area contributed by atoms with Gasteiger partial charge in [0, 0.05) is 17.1 Å². The number of benzene rings is 2. The molecule has 0 aliphatic rings. The van der Waals surface area contributed by atoms with Crippen LogP contribution in [0, 0.1) is 0 Å². The van der Waals surface area contributed by atoms with E-state index in [2.05, 4.69) is 15.5 Å². The molecule has 1 amide bonds. The Morgan fingerprint density at radius 3 is 2.58 bits per heavy atom. The molecule has 3 aromatic rings. The van der Waals surface area contributed by atoms with E-state index in [0.29, 0.717) is 16.4 Å². The molecule has 0 saturated heterocycles. The molecular weight excluding hydrogens is 326 g/mol. The van der Waals surface area contributed by atoms with E-state index >= 15 is 0 Å². The lowest BCUT2D eigenvalue weighted by Crippen LogP contribution is -2.28. The molecular formula is C18H16ClN3O2. The van der Waals surface area contributed by atoms with Crippen LogP contribution in [0.15, 0.2) is 60.7 Å². The Bertz CT molecular complexity index is 816. The van der Waals surface area contributed by atoms with Crippen molar-refractivity contribution in [3.05, 3.63) is 76.9 Å². The zero-order chi connectivity index (χ0) is 16.9. The summed E-state index contributed by atoms with van der Waals surface area (Å²) in [5.74, 6) is -0.322. The van der Waals surface area contributed by atoms with Gasteiger partial charge in [0.1, 0.15) is 5.69 Å². The maximum atomic E-state index is 12.2. The van der Waals surface area contributed by atoms with Gasteiger partial charge in [-0.15, -0.1) is 0 Å². The van der Waals surface area contributed by atoms with Crippen LogP contribution in [0.3, 0.4) is 0 Å². The molecule has 0 radical (unpaired) electrons. The predicted octanol–water partition coefficient (Wildman–Crippen LogP) is 3.19. The number of amides is 1. The number of halogens is 1. The molecule has 1 atom stereocenters. The molecule has 6 heteroatoms. The topological polar surface area (TPSA) is 78.0 Å². The van der Waals surface area contributed by atoms with Gasteiger partial charge in [0.05, 0.1) is 11.8 Å². The van der Waals surface area contributed by atoms with Crippen LogP contribution in [-0.4, -0.2) is 27.8 Å². The Morgan fingerprint density at radius 2 is 1.88 bits per heavy atom. The third-order valence-electron chi connectivity index (χ3n) is 3.60. The number of aliphatic hydroxyl groups is 1. The smallest absolute Gasteiger partial charge is 0.269 e. The number of hydrogen-bond acceptors (Lipinski definition) is 3. The normalized spacial score (nSPS) is 11.9. The van der Waals surface area contributed by atoms with Crippen molar-refractivity contribution < 1.29 is 9.90 Å². The highest BCUT2D eigenvalue weighted by Gasteiger charge is 2.13. The molecule has 1 aromatic heterocycles. The monoisotopic (exact) mass is 341 g/mol. The average Bonchev–Trinajstić information content (AvgIpc) is 3.11. The third kappa shape index (κ3) is 3.82. The van der Waals surface area contributed by atoms with Crippen LogP contribution in [0.4, 0.5) is 0 Å².